The lowest BCUT2D eigenvalue weighted by Crippen LogP contribution is -2.39. The number of pyridine rings is 1. The summed E-state index contributed by atoms with van der Waals surface area (Å²) >= 11 is 0. The molecule has 5 rings (SSSR count). The molecular formula is C31H44N3+. The second-order valence-electron chi connectivity index (χ2n) is 10.6. The van der Waals surface area contributed by atoms with Crippen LogP contribution in [0.1, 0.15) is 84.0 Å². The SMILES string of the molecule is CCCCCCCCCCCC[n+]1c2cc(N3CCC3)ccc2cc2ccc(N3CCC3)cc21. The smallest absolute Gasteiger partial charge is 0.215 e. The Morgan fingerprint density at radius 2 is 1.06 bits per heavy atom. The molecule has 2 fully saturated rings. The molecule has 0 atom stereocenters. The number of fused-ring (bicyclic) bond motifs is 2. The highest BCUT2D eigenvalue weighted by molar-refractivity contribution is 5.91. The largest absolute Gasteiger partial charge is 0.371 e. The lowest BCUT2D eigenvalue weighted by atomic mass is 10.0. The van der Waals surface area contributed by atoms with Gasteiger partial charge in [0.2, 0.25) is 11.0 Å². The van der Waals surface area contributed by atoms with E-state index in [-0.39, 0.29) is 0 Å². The molecule has 3 heterocycles. The zero-order chi connectivity index (χ0) is 23.2. The Balaban J connectivity index is 1.31. The van der Waals surface area contributed by atoms with E-state index >= 15 is 0 Å². The summed E-state index contributed by atoms with van der Waals surface area (Å²) < 4.78 is 2.64. The van der Waals surface area contributed by atoms with E-state index in [9.17, 15) is 0 Å². The zero-order valence-electron chi connectivity index (χ0n) is 21.4. The number of aryl methyl sites for hydroxylation is 1. The van der Waals surface area contributed by atoms with Gasteiger partial charge in [-0.25, -0.2) is 0 Å². The van der Waals surface area contributed by atoms with Crippen molar-refractivity contribution >= 4 is 33.2 Å². The van der Waals surface area contributed by atoms with Crippen LogP contribution >= 0.6 is 0 Å². The van der Waals surface area contributed by atoms with Gasteiger partial charge in [-0.05, 0) is 49.6 Å². The van der Waals surface area contributed by atoms with Crippen molar-refractivity contribution in [2.75, 3.05) is 36.0 Å². The molecule has 2 aliphatic rings. The highest BCUT2D eigenvalue weighted by Gasteiger charge is 2.22. The normalized spacial score (nSPS) is 15.7. The molecule has 0 aliphatic carbocycles. The number of unbranched alkanes of at least 4 members (excludes halogenated alkanes) is 9. The Hall–Kier alpha value is -2.29. The molecule has 2 saturated heterocycles. The average molecular weight is 459 g/mol. The highest BCUT2D eigenvalue weighted by atomic mass is 15.2. The first-order valence-corrected chi connectivity index (χ1v) is 14.2. The average Bonchev–Trinajstić information content (AvgIpc) is 2.78. The van der Waals surface area contributed by atoms with Crippen LogP contribution in [-0.4, -0.2) is 26.2 Å². The minimum Gasteiger partial charge on any atom is -0.371 e. The van der Waals surface area contributed by atoms with E-state index in [0.29, 0.717) is 0 Å². The Labute approximate surface area is 206 Å². The molecule has 0 N–H and O–H groups in total. The fraction of sp³-hybridized carbons (Fsp3) is 0.581. The minimum absolute atomic E-state index is 1.12. The molecule has 0 bridgehead atoms. The fourth-order valence-electron chi connectivity index (χ4n) is 5.61. The van der Waals surface area contributed by atoms with Crippen molar-refractivity contribution in [1.82, 2.24) is 0 Å². The van der Waals surface area contributed by atoms with E-state index in [4.69, 9.17) is 0 Å². The third kappa shape index (κ3) is 5.34. The molecule has 3 aromatic rings. The van der Waals surface area contributed by atoms with Gasteiger partial charge >= 0.3 is 0 Å². The van der Waals surface area contributed by atoms with Crippen LogP contribution in [0.5, 0.6) is 0 Å². The molecule has 3 heteroatoms. The molecular weight excluding hydrogens is 414 g/mol. The maximum Gasteiger partial charge on any atom is 0.215 e. The van der Waals surface area contributed by atoms with Crippen molar-refractivity contribution in [3.05, 3.63) is 42.5 Å². The fourth-order valence-corrected chi connectivity index (χ4v) is 5.61. The molecule has 0 unspecified atom stereocenters. The zero-order valence-corrected chi connectivity index (χ0v) is 21.4. The van der Waals surface area contributed by atoms with Crippen molar-refractivity contribution in [3.63, 3.8) is 0 Å². The summed E-state index contributed by atoms with van der Waals surface area (Å²) in [6.07, 6.45) is 16.5. The predicted octanol–water partition coefficient (Wildman–Crippen LogP) is 7.62. The van der Waals surface area contributed by atoms with Crippen molar-refractivity contribution in [3.8, 4) is 0 Å². The van der Waals surface area contributed by atoms with Gasteiger partial charge < -0.3 is 9.80 Å². The number of aromatic nitrogens is 1. The molecule has 0 amide bonds. The lowest BCUT2D eigenvalue weighted by molar-refractivity contribution is -0.645. The van der Waals surface area contributed by atoms with E-state index in [1.54, 1.807) is 0 Å². The summed E-state index contributed by atoms with van der Waals surface area (Å²) in [5.74, 6) is 0. The van der Waals surface area contributed by atoms with Crippen LogP contribution in [0.3, 0.4) is 0 Å². The topological polar surface area (TPSA) is 10.4 Å². The summed E-state index contributed by atoms with van der Waals surface area (Å²) in [6.45, 7) is 8.24. The van der Waals surface area contributed by atoms with Crippen molar-refractivity contribution < 1.29 is 4.57 Å². The van der Waals surface area contributed by atoms with Gasteiger partial charge in [-0.2, -0.15) is 4.57 Å². The number of hydrogen-bond acceptors (Lipinski definition) is 2. The van der Waals surface area contributed by atoms with Crippen LogP contribution in [0.4, 0.5) is 11.4 Å². The molecule has 3 nitrogen and oxygen atoms in total. The Morgan fingerprint density at radius 3 is 1.50 bits per heavy atom. The molecule has 0 saturated carbocycles. The first-order valence-electron chi connectivity index (χ1n) is 14.2. The number of hydrogen-bond donors (Lipinski definition) is 0. The van der Waals surface area contributed by atoms with E-state index in [2.05, 4.69) is 63.8 Å². The third-order valence-corrected chi connectivity index (χ3v) is 8.10. The van der Waals surface area contributed by atoms with E-state index in [0.717, 1.165) is 6.54 Å². The van der Waals surface area contributed by atoms with Gasteiger partial charge in [0, 0.05) is 66.9 Å². The monoisotopic (exact) mass is 458 g/mol. The van der Waals surface area contributed by atoms with E-state index in [1.165, 1.54) is 136 Å². The second-order valence-corrected chi connectivity index (χ2v) is 10.6. The molecule has 182 valence electrons. The maximum atomic E-state index is 2.64. The number of anilines is 2. The second kappa shape index (κ2) is 11.4. The van der Waals surface area contributed by atoms with E-state index in [1.807, 2.05) is 0 Å². The number of rotatable bonds is 13. The molecule has 0 spiro atoms. The Bertz CT molecular complexity index is 1010. The van der Waals surface area contributed by atoms with Crippen LogP contribution in [0.15, 0.2) is 42.5 Å². The Morgan fingerprint density at radius 1 is 0.588 bits per heavy atom. The quantitative estimate of drug-likeness (QED) is 0.148. The summed E-state index contributed by atoms with van der Waals surface area (Å²) in [7, 11) is 0. The first kappa shape index (κ1) is 23.5. The van der Waals surface area contributed by atoms with Gasteiger partial charge in [-0.1, -0.05) is 58.3 Å². The summed E-state index contributed by atoms with van der Waals surface area (Å²) in [5.41, 5.74) is 5.62. The summed E-state index contributed by atoms with van der Waals surface area (Å²) in [6, 6.07) is 16.7. The summed E-state index contributed by atoms with van der Waals surface area (Å²) in [5, 5.41) is 2.75. The molecule has 0 radical (unpaired) electrons. The van der Waals surface area contributed by atoms with Gasteiger partial charge in [0.15, 0.2) is 0 Å². The van der Waals surface area contributed by atoms with Gasteiger partial charge in [-0.3, -0.25) is 0 Å². The predicted molar refractivity (Wildman–Crippen MR) is 147 cm³/mol. The molecule has 1 aromatic heterocycles. The molecule has 34 heavy (non-hydrogen) atoms. The lowest BCUT2D eigenvalue weighted by Gasteiger charge is -2.33. The van der Waals surface area contributed by atoms with Crippen LogP contribution in [0, 0.1) is 0 Å². The highest BCUT2D eigenvalue weighted by Crippen LogP contribution is 2.29. The van der Waals surface area contributed by atoms with Crippen molar-refractivity contribution in [1.29, 1.82) is 0 Å². The van der Waals surface area contributed by atoms with Gasteiger partial charge in [0.25, 0.3) is 0 Å². The Kier molecular flexibility index (Phi) is 7.88. The van der Waals surface area contributed by atoms with Gasteiger partial charge in [0.1, 0.15) is 6.54 Å². The standard InChI is InChI=1S/C31H44N3/c1-2-3-4-5-6-7-8-9-10-11-22-34-30-24-28(32-18-12-19-32)16-14-26(30)23-27-15-17-29(25-31(27)34)33-20-13-21-33/h14-17,23-25H,2-13,18-22H2,1H3/q+1. The third-order valence-electron chi connectivity index (χ3n) is 8.10. The number of benzene rings is 2. The van der Waals surface area contributed by atoms with Crippen LogP contribution in [0.25, 0.3) is 21.8 Å². The van der Waals surface area contributed by atoms with Crippen molar-refractivity contribution in [2.24, 2.45) is 0 Å². The van der Waals surface area contributed by atoms with Crippen molar-refractivity contribution in [2.45, 2.75) is 90.5 Å². The van der Waals surface area contributed by atoms with E-state index < -0.39 is 0 Å². The summed E-state index contributed by atoms with van der Waals surface area (Å²) in [4.78, 5) is 5.04. The molecule has 2 aromatic carbocycles. The first-order chi connectivity index (χ1) is 16.8. The van der Waals surface area contributed by atoms with Gasteiger partial charge in [-0.15, -0.1) is 0 Å². The minimum atomic E-state index is 1.12. The van der Waals surface area contributed by atoms with Crippen LogP contribution < -0.4 is 14.4 Å². The van der Waals surface area contributed by atoms with Gasteiger partial charge in [0.05, 0.1) is 0 Å². The number of nitrogens with zero attached hydrogens (tertiary/aromatic N) is 3. The maximum absolute atomic E-state index is 2.64. The van der Waals surface area contributed by atoms with Crippen LogP contribution in [-0.2, 0) is 6.54 Å². The van der Waals surface area contributed by atoms with Crippen LogP contribution in [0.2, 0.25) is 0 Å². The molecule has 2 aliphatic heterocycles.